The highest BCUT2D eigenvalue weighted by atomic mass is 32.2. The van der Waals surface area contributed by atoms with Gasteiger partial charge in [0, 0.05) is 27.8 Å². The minimum atomic E-state index is 0.135. The Kier molecular flexibility index (Phi) is 4.41. The van der Waals surface area contributed by atoms with E-state index in [-0.39, 0.29) is 5.91 Å². The molecule has 108 valence electrons. The van der Waals surface area contributed by atoms with Crippen LogP contribution in [-0.2, 0) is 4.79 Å². The first-order valence-electron chi connectivity index (χ1n) is 6.75. The smallest absolute Gasteiger partial charge is 0.237 e. The topological polar surface area (TPSA) is 46.3 Å². The number of rotatable bonds is 3. The molecule has 1 aliphatic heterocycles. The molecule has 0 saturated carbocycles. The van der Waals surface area contributed by atoms with E-state index in [1.807, 2.05) is 47.4 Å². The summed E-state index contributed by atoms with van der Waals surface area (Å²) in [5.41, 5.74) is 7.67. The van der Waals surface area contributed by atoms with Gasteiger partial charge in [0.15, 0.2) is 0 Å². The lowest BCUT2D eigenvalue weighted by atomic mass is 10.3. The molecule has 0 unspecified atom stereocenters. The molecule has 2 aromatic carbocycles. The molecule has 0 aliphatic carbocycles. The van der Waals surface area contributed by atoms with Gasteiger partial charge in [0.1, 0.15) is 0 Å². The molecular weight excluding hydrogens is 300 g/mol. The van der Waals surface area contributed by atoms with Crippen molar-refractivity contribution in [2.45, 2.75) is 9.79 Å². The molecule has 0 saturated heterocycles. The third-order valence-corrected chi connectivity index (χ3v) is 5.42. The molecule has 1 heterocycles. The van der Waals surface area contributed by atoms with Crippen molar-refractivity contribution in [1.29, 1.82) is 0 Å². The lowest BCUT2D eigenvalue weighted by Crippen LogP contribution is -2.36. The highest BCUT2D eigenvalue weighted by molar-refractivity contribution is 8.00. The second kappa shape index (κ2) is 6.45. The zero-order valence-corrected chi connectivity index (χ0v) is 13.1. The third-order valence-electron chi connectivity index (χ3n) is 3.30. The van der Waals surface area contributed by atoms with Crippen molar-refractivity contribution in [2.24, 2.45) is 0 Å². The first-order valence-corrected chi connectivity index (χ1v) is 8.72. The van der Waals surface area contributed by atoms with Crippen LogP contribution in [-0.4, -0.2) is 24.0 Å². The molecular formula is C16H16N2OS2. The zero-order valence-electron chi connectivity index (χ0n) is 11.5. The Morgan fingerprint density at radius 3 is 2.81 bits per heavy atom. The Labute approximate surface area is 132 Å². The highest BCUT2D eigenvalue weighted by Crippen LogP contribution is 2.35. The van der Waals surface area contributed by atoms with Crippen LogP contribution in [0.25, 0.3) is 0 Å². The van der Waals surface area contributed by atoms with Crippen LogP contribution in [0.4, 0.5) is 11.4 Å². The maximum atomic E-state index is 12.5. The Balaban J connectivity index is 1.71. The summed E-state index contributed by atoms with van der Waals surface area (Å²) in [6, 6.07) is 15.7. The van der Waals surface area contributed by atoms with Gasteiger partial charge in [-0.25, -0.2) is 0 Å². The molecule has 5 heteroatoms. The number of para-hydroxylation sites is 2. The fourth-order valence-electron chi connectivity index (χ4n) is 2.26. The molecule has 0 bridgehead atoms. The van der Waals surface area contributed by atoms with Gasteiger partial charge in [-0.05, 0) is 24.3 Å². The van der Waals surface area contributed by atoms with Crippen molar-refractivity contribution in [3.63, 3.8) is 0 Å². The van der Waals surface area contributed by atoms with Crippen molar-refractivity contribution < 1.29 is 4.79 Å². The lowest BCUT2D eigenvalue weighted by Gasteiger charge is -2.28. The second-order valence-electron chi connectivity index (χ2n) is 4.69. The summed E-state index contributed by atoms with van der Waals surface area (Å²) in [4.78, 5) is 16.5. The van der Waals surface area contributed by atoms with E-state index >= 15 is 0 Å². The van der Waals surface area contributed by atoms with Gasteiger partial charge in [-0.3, -0.25) is 4.79 Å². The van der Waals surface area contributed by atoms with Crippen molar-refractivity contribution in [3.8, 4) is 0 Å². The first kappa shape index (κ1) is 14.4. The SMILES string of the molecule is Nc1ccccc1SCC(=O)N1CCSc2ccccc21. The number of hydrogen-bond donors (Lipinski definition) is 1. The molecule has 3 nitrogen and oxygen atoms in total. The molecule has 0 spiro atoms. The Morgan fingerprint density at radius 2 is 1.95 bits per heavy atom. The molecule has 0 aromatic heterocycles. The van der Waals surface area contributed by atoms with E-state index in [4.69, 9.17) is 5.73 Å². The third kappa shape index (κ3) is 3.19. The Morgan fingerprint density at radius 1 is 1.19 bits per heavy atom. The summed E-state index contributed by atoms with van der Waals surface area (Å²) < 4.78 is 0. The highest BCUT2D eigenvalue weighted by Gasteiger charge is 2.22. The summed E-state index contributed by atoms with van der Waals surface area (Å²) in [6.45, 7) is 0.769. The van der Waals surface area contributed by atoms with E-state index in [1.165, 1.54) is 16.7 Å². The van der Waals surface area contributed by atoms with Crippen LogP contribution in [0.3, 0.4) is 0 Å². The molecule has 1 aliphatic rings. The minimum absolute atomic E-state index is 0.135. The van der Waals surface area contributed by atoms with E-state index in [0.29, 0.717) is 5.75 Å². The molecule has 3 rings (SSSR count). The monoisotopic (exact) mass is 316 g/mol. The van der Waals surface area contributed by atoms with Crippen LogP contribution in [0.1, 0.15) is 0 Å². The number of anilines is 2. The average Bonchev–Trinajstić information content (AvgIpc) is 2.53. The molecule has 2 N–H and O–H groups in total. The zero-order chi connectivity index (χ0) is 14.7. The van der Waals surface area contributed by atoms with E-state index < -0.39 is 0 Å². The molecule has 0 fully saturated rings. The number of amides is 1. The second-order valence-corrected chi connectivity index (χ2v) is 6.84. The molecule has 2 aromatic rings. The van der Waals surface area contributed by atoms with Gasteiger partial charge >= 0.3 is 0 Å². The van der Waals surface area contributed by atoms with E-state index in [9.17, 15) is 4.79 Å². The quantitative estimate of drug-likeness (QED) is 0.695. The van der Waals surface area contributed by atoms with Gasteiger partial charge in [-0.2, -0.15) is 0 Å². The predicted octanol–water partition coefficient (Wildman–Crippen LogP) is 3.50. The molecule has 21 heavy (non-hydrogen) atoms. The van der Waals surface area contributed by atoms with Gasteiger partial charge in [0.2, 0.25) is 5.91 Å². The summed E-state index contributed by atoms with van der Waals surface area (Å²) >= 11 is 3.31. The van der Waals surface area contributed by atoms with Gasteiger partial charge in [0.25, 0.3) is 0 Å². The van der Waals surface area contributed by atoms with Crippen LogP contribution < -0.4 is 10.6 Å². The lowest BCUT2D eigenvalue weighted by molar-refractivity contribution is -0.116. The number of fused-ring (bicyclic) bond motifs is 1. The number of hydrogen-bond acceptors (Lipinski definition) is 4. The summed E-state index contributed by atoms with van der Waals surface area (Å²) in [5.74, 6) is 1.49. The fraction of sp³-hybridized carbons (Fsp3) is 0.188. The number of nitrogen functional groups attached to an aromatic ring is 1. The number of benzene rings is 2. The molecule has 0 atom stereocenters. The van der Waals surface area contributed by atoms with Crippen LogP contribution in [0.5, 0.6) is 0 Å². The number of carbonyl (C=O) groups excluding carboxylic acids is 1. The number of nitrogens with two attached hydrogens (primary N) is 1. The molecule has 0 radical (unpaired) electrons. The summed E-state index contributed by atoms with van der Waals surface area (Å²) in [6.07, 6.45) is 0. The van der Waals surface area contributed by atoms with Crippen molar-refractivity contribution in [2.75, 3.05) is 28.7 Å². The normalized spacial score (nSPS) is 13.8. The predicted molar refractivity (Wildman–Crippen MR) is 91.1 cm³/mol. The Bertz CT molecular complexity index is 660. The van der Waals surface area contributed by atoms with E-state index in [1.54, 1.807) is 11.8 Å². The van der Waals surface area contributed by atoms with Crippen molar-refractivity contribution in [1.82, 2.24) is 0 Å². The van der Waals surface area contributed by atoms with Gasteiger partial charge in [-0.15, -0.1) is 23.5 Å². The maximum absolute atomic E-state index is 12.5. The maximum Gasteiger partial charge on any atom is 0.237 e. The standard InChI is InChI=1S/C16H16N2OS2/c17-12-5-1-3-7-14(12)21-11-16(19)18-9-10-20-15-8-4-2-6-13(15)18/h1-8H,9-11,17H2. The average molecular weight is 316 g/mol. The largest absolute Gasteiger partial charge is 0.398 e. The Hall–Kier alpha value is -1.59. The number of nitrogens with zero attached hydrogens (tertiary/aromatic N) is 1. The van der Waals surface area contributed by atoms with Crippen molar-refractivity contribution in [3.05, 3.63) is 48.5 Å². The van der Waals surface area contributed by atoms with E-state index in [2.05, 4.69) is 6.07 Å². The van der Waals surface area contributed by atoms with Crippen LogP contribution in [0, 0.1) is 0 Å². The van der Waals surface area contributed by atoms with Crippen LogP contribution in [0.2, 0.25) is 0 Å². The summed E-state index contributed by atoms with van der Waals surface area (Å²) in [7, 11) is 0. The van der Waals surface area contributed by atoms with Gasteiger partial charge < -0.3 is 10.6 Å². The minimum Gasteiger partial charge on any atom is -0.398 e. The van der Waals surface area contributed by atoms with Gasteiger partial charge in [-0.1, -0.05) is 24.3 Å². The van der Waals surface area contributed by atoms with Gasteiger partial charge in [0.05, 0.1) is 11.4 Å². The van der Waals surface area contributed by atoms with E-state index in [0.717, 1.165) is 28.6 Å². The first-order chi connectivity index (χ1) is 10.3. The van der Waals surface area contributed by atoms with Crippen LogP contribution in [0.15, 0.2) is 58.3 Å². The van der Waals surface area contributed by atoms with Crippen LogP contribution >= 0.6 is 23.5 Å². The van der Waals surface area contributed by atoms with Crippen molar-refractivity contribution >= 4 is 40.8 Å². The fourth-order valence-corrected chi connectivity index (χ4v) is 4.10. The molecule has 1 amide bonds. The number of carbonyl (C=O) groups is 1. The summed E-state index contributed by atoms with van der Waals surface area (Å²) in [5, 5.41) is 0. The number of thioether (sulfide) groups is 2.